The van der Waals surface area contributed by atoms with Gasteiger partial charge >= 0.3 is 11.9 Å². The molecule has 4 nitrogen and oxygen atoms in total. The smallest absolute Gasteiger partial charge is 0.302 e. The molecular weight excluding hydrogens is 472 g/mol. The summed E-state index contributed by atoms with van der Waals surface area (Å²) in [5.74, 6) is 1.28. The van der Waals surface area contributed by atoms with Crippen LogP contribution in [-0.4, -0.2) is 24.1 Å². The maximum Gasteiger partial charge on any atom is 0.302 e. The van der Waals surface area contributed by atoms with Gasteiger partial charge in [-0.25, -0.2) is 0 Å². The van der Waals surface area contributed by atoms with Crippen LogP contribution in [0.2, 0.25) is 0 Å². The molecule has 4 heteroatoms. The Morgan fingerprint density at radius 2 is 1.37 bits per heavy atom. The van der Waals surface area contributed by atoms with E-state index in [9.17, 15) is 9.59 Å². The normalized spacial score (nSPS) is 48.8. The summed E-state index contributed by atoms with van der Waals surface area (Å²) in [6, 6.07) is 0. The zero-order valence-electron chi connectivity index (χ0n) is 26.0. The summed E-state index contributed by atoms with van der Waals surface area (Å²) in [4.78, 5) is 24.4. The minimum atomic E-state index is -0.151. The lowest BCUT2D eigenvalue weighted by Gasteiger charge is -2.72. The molecule has 5 aliphatic rings. The molecule has 0 aromatic carbocycles. The van der Waals surface area contributed by atoms with Crippen molar-refractivity contribution in [3.8, 4) is 0 Å². The molecule has 0 bridgehead atoms. The van der Waals surface area contributed by atoms with Crippen LogP contribution < -0.4 is 0 Å². The lowest BCUT2D eigenvalue weighted by Crippen LogP contribution is -2.66. The Kier molecular flexibility index (Phi) is 6.38. The molecule has 9 unspecified atom stereocenters. The maximum absolute atomic E-state index is 12.4. The fraction of sp³-hybridized carbons (Fsp3) is 0.882. The van der Waals surface area contributed by atoms with Crippen LogP contribution in [0.25, 0.3) is 0 Å². The van der Waals surface area contributed by atoms with Crippen LogP contribution in [0, 0.1) is 50.2 Å². The minimum absolute atomic E-state index is 0.000849. The van der Waals surface area contributed by atoms with E-state index in [0.29, 0.717) is 23.2 Å². The quantitative estimate of drug-likeness (QED) is 0.268. The molecule has 0 radical (unpaired) electrons. The largest absolute Gasteiger partial charge is 0.462 e. The third-order valence-corrected chi connectivity index (χ3v) is 13.7. The minimum Gasteiger partial charge on any atom is -0.462 e. The van der Waals surface area contributed by atoms with E-state index >= 15 is 0 Å². The first-order valence-electron chi connectivity index (χ1n) is 15.5. The molecule has 38 heavy (non-hydrogen) atoms. The molecule has 0 aliphatic heterocycles. The summed E-state index contributed by atoms with van der Waals surface area (Å²) in [6.07, 6.45) is 12.7. The molecule has 0 spiro atoms. The molecule has 0 amide bonds. The second kappa shape index (κ2) is 8.59. The van der Waals surface area contributed by atoms with E-state index in [1.807, 2.05) is 0 Å². The highest BCUT2D eigenvalue weighted by Gasteiger charge is 2.70. The van der Waals surface area contributed by atoms with Gasteiger partial charge in [0.15, 0.2) is 0 Å². The summed E-state index contributed by atoms with van der Waals surface area (Å²) in [7, 11) is 0. The molecule has 0 saturated heterocycles. The van der Waals surface area contributed by atoms with Gasteiger partial charge in [0, 0.05) is 24.7 Å². The average Bonchev–Trinajstić information content (AvgIpc) is 2.77. The molecule has 0 heterocycles. The van der Waals surface area contributed by atoms with Gasteiger partial charge in [-0.3, -0.25) is 9.59 Å². The first-order valence-corrected chi connectivity index (χ1v) is 15.5. The molecular formula is C34H54O4. The molecule has 0 aromatic rings. The average molecular weight is 527 g/mol. The van der Waals surface area contributed by atoms with E-state index in [-0.39, 0.29) is 51.2 Å². The number of rotatable bonds is 2. The predicted molar refractivity (Wildman–Crippen MR) is 151 cm³/mol. The molecule has 0 aromatic heterocycles. The lowest BCUT2D eigenvalue weighted by atomic mass is 9.33. The fourth-order valence-corrected chi connectivity index (χ4v) is 11.3. The van der Waals surface area contributed by atoms with E-state index in [0.717, 1.165) is 32.1 Å². The number of esters is 2. The van der Waals surface area contributed by atoms with E-state index in [1.165, 1.54) is 25.7 Å². The van der Waals surface area contributed by atoms with E-state index in [1.54, 1.807) is 19.4 Å². The van der Waals surface area contributed by atoms with Crippen molar-refractivity contribution in [2.45, 2.75) is 139 Å². The number of ether oxygens (including phenoxy) is 2. The molecule has 0 N–H and O–H groups in total. The van der Waals surface area contributed by atoms with Gasteiger partial charge in [0.05, 0.1) is 0 Å². The van der Waals surface area contributed by atoms with Crippen LogP contribution in [0.5, 0.6) is 0 Å². The standard InChI is InChI=1S/C34H54O4/c1-21(35)37-27-14-15-32(8)25(30(27,5)6)13-16-33(9)26(32)12-11-23-24-19-29(3,4)17-18-31(24,7)28(38-22(2)36)20-34(23,33)10/h11,24-28H,12-20H2,1-10H3. The van der Waals surface area contributed by atoms with Crippen molar-refractivity contribution in [3.05, 3.63) is 11.6 Å². The van der Waals surface area contributed by atoms with Gasteiger partial charge in [0.2, 0.25) is 0 Å². The Morgan fingerprint density at radius 3 is 2.00 bits per heavy atom. The molecule has 9 atom stereocenters. The Balaban J connectivity index is 1.58. The zero-order chi connectivity index (χ0) is 28.1. The Hall–Kier alpha value is -1.32. The van der Waals surface area contributed by atoms with Gasteiger partial charge in [-0.1, -0.05) is 67.0 Å². The van der Waals surface area contributed by atoms with Crippen LogP contribution in [0.1, 0.15) is 127 Å². The number of allylic oxidation sites excluding steroid dienone is 2. The highest BCUT2D eigenvalue weighted by Crippen LogP contribution is 2.76. The second-order valence-electron chi connectivity index (χ2n) is 16.5. The first-order chi connectivity index (χ1) is 17.4. The number of hydrogen-bond donors (Lipinski definition) is 0. The van der Waals surface area contributed by atoms with Crippen LogP contribution in [-0.2, 0) is 19.1 Å². The van der Waals surface area contributed by atoms with Gasteiger partial charge in [-0.15, -0.1) is 0 Å². The SMILES string of the molecule is CC(=O)OC1CCC2(C)C(CCC3(C)C2CC=C2C4CC(C)(C)CCC4(C)C(OC(C)=O)CC23C)C1(C)C. The third kappa shape index (κ3) is 3.80. The number of fused-ring (bicyclic) bond motifs is 7. The number of carbonyl (C=O) groups excluding carboxylic acids is 2. The van der Waals surface area contributed by atoms with Crippen molar-refractivity contribution >= 4 is 11.9 Å². The van der Waals surface area contributed by atoms with Crippen LogP contribution in [0.4, 0.5) is 0 Å². The Bertz CT molecular complexity index is 1040. The highest BCUT2D eigenvalue weighted by atomic mass is 16.5. The van der Waals surface area contributed by atoms with Gasteiger partial charge in [-0.2, -0.15) is 0 Å². The molecule has 5 aliphatic carbocycles. The van der Waals surface area contributed by atoms with Crippen molar-refractivity contribution in [3.63, 3.8) is 0 Å². The van der Waals surface area contributed by atoms with Crippen LogP contribution in [0.15, 0.2) is 11.6 Å². The van der Waals surface area contributed by atoms with E-state index in [2.05, 4.69) is 61.5 Å². The van der Waals surface area contributed by atoms with E-state index < -0.39 is 0 Å². The summed E-state index contributed by atoms with van der Waals surface area (Å²) >= 11 is 0. The molecule has 4 saturated carbocycles. The fourth-order valence-electron chi connectivity index (χ4n) is 11.3. The van der Waals surface area contributed by atoms with Crippen molar-refractivity contribution in [2.75, 3.05) is 0 Å². The second-order valence-corrected chi connectivity index (χ2v) is 16.5. The Morgan fingerprint density at radius 1 is 0.737 bits per heavy atom. The van der Waals surface area contributed by atoms with Crippen LogP contribution in [0.3, 0.4) is 0 Å². The van der Waals surface area contributed by atoms with Crippen molar-refractivity contribution in [1.82, 2.24) is 0 Å². The van der Waals surface area contributed by atoms with Gasteiger partial charge in [0.1, 0.15) is 12.2 Å². The summed E-state index contributed by atoms with van der Waals surface area (Å²) in [5, 5.41) is 0. The lowest BCUT2D eigenvalue weighted by molar-refractivity contribution is -0.222. The topological polar surface area (TPSA) is 52.6 Å². The summed E-state index contributed by atoms with van der Waals surface area (Å²) < 4.78 is 12.2. The number of carbonyl (C=O) groups is 2. The summed E-state index contributed by atoms with van der Waals surface area (Å²) in [6.45, 7) is 22.8. The van der Waals surface area contributed by atoms with Crippen molar-refractivity contribution in [2.24, 2.45) is 50.2 Å². The maximum atomic E-state index is 12.4. The number of hydrogen-bond acceptors (Lipinski definition) is 4. The molecule has 5 rings (SSSR count). The van der Waals surface area contributed by atoms with Crippen LogP contribution >= 0.6 is 0 Å². The molecule has 214 valence electrons. The monoisotopic (exact) mass is 526 g/mol. The van der Waals surface area contributed by atoms with Gasteiger partial charge in [-0.05, 0) is 97.2 Å². The van der Waals surface area contributed by atoms with Crippen molar-refractivity contribution in [1.29, 1.82) is 0 Å². The van der Waals surface area contributed by atoms with E-state index in [4.69, 9.17) is 9.47 Å². The summed E-state index contributed by atoms with van der Waals surface area (Å²) in [5.41, 5.74) is 2.33. The zero-order valence-corrected chi connectivity index (χ0v) is 26.0. The highest BCUT2D eigenvalue weighted by molar-refractivity contribution is 5.66. The first kappa shape index (κ1) is 28.2. The molecule has 4 fully saturated rings. The third-order valence-electron chi connectivity index (χ3n) is 13.7. The Labute approximate surface area is 232 Å². The predicted octanol–water partition coefficient (Wildman–Crippen LogP) is 8.28. The van der Waals surface area contributed by atoms with Gasteiger partial charge < -0.3 is 9.47 Å². The van der Waals surface area contributed by atoms with Gasteiger partial charge in [0.25, 0.3) is 0 Å². The van der Waals surface area contributed by atoms with Crippen molar-refractivity contribution < 1.29 is 19.1 Å².